The highest BCUT2D eigenvalue weighted by molar-refractivity contribution is 7.32. The average Bonchev–Trinajstić information content (AvgIpc) is 1.62. The van der Waals surface area contributed by atoms with Gasteiger partial charge in [-0.05, 0) is 255 Å². The SMILES string of the molecule is CCCCCCc1csc(-c2sc(-c3sc(-c4sc(-c5sc(-c6sc(-c7sc(-c8sc(-c9sc(-c%10sccc%10CCCCCC)cc9CCCCCC)cc8CCCCCC)cc7CCCCCC)cc6CCCCCC)cc5CCCCCC)cc4CCCCCC)cc3CCCCCC)cc2CCCCCC)c1. The molecule has 0 amide bonds. The molecule has 0 saturated heterocycles. The molecule has 0 aliphatic heterocycles. The average molecular weight is 1660 g/mol. The van der Waals surface area contributed by atoms with Gasteiger partial charge in [0.15, 0.2) is 0 Å². The summed E-state index contributed by atoms with van der Waals surface area (Å²) in [5, 5.41) is 4.88. The highest BCUT2D eigenvalue weighted by Crippen LogP contribution is 2.55. The zero-order valence-electron chi connectivity index (χ0n) is 70.4. The maximum Gasteiger partial charge on any atom is 0.0481 e. The first-order valence-electron chi connectivity index (χ1n) is 45.4. The van der Waals surface area contributed by atoms with Crippen molar-refractivity contribution in [2.24, 2.45) is 0 Å². The summed E-state index contributed by atoms with van der Waals surface area (Å²) in [6.07, 6.45) is 63.7. The third kappa shape index (κ3) is 26.2. The number of unbranched alkanes of at least 4 members (excludes halogenated alkanes) is 30. The largest absolute Gasteiger partial charge is 0.143 e. The molecule has 0 nitrogen and oxygen atoms in total. The van der Waals surface area contributed by atoms with Crippen LogP contribution in [0, 0.1) is 0 Å². The van der Waals surface area contributed by atoms with E-state index in [-0.39, 0.29) is 0 Å². The summed E-state index contributed by atoms with van der Waals surface area (Å²) in [5.74, 6) is 0. The molecule has 602 valence electrons. The van der Waals surface area contributed by atoms with Gasteiger partial charge in [0.25, 0.3) is 0 Å². The van der Waals surface area contributed by atoms with E-state index in [1.54, 1.807) is 94.7 Å². The van der Waals surface area contributed by atoms with E-state index in [4.69, 9.17) is 0 Å². The van der Waals surface area contributed by atoms with E-state index < -0.39 is 0 Å². The fourth-order valence-corrected chi connectivity index (χ4v) is 29.1. The molecule has 0 bridgehead atoms. The van der Waals surface area contributed by atoms with E-state index in [1.165, 1.54) is 344 Å². The van der Waals surface area contributed by atoms with E-state index in [0.29, 0.717) is 0 Å². The number of thiophene rings is 10. The van der Waals surface area contributed by atoms with Crippen LogP contribution in [0.15, 0.2) is 71.4 Å². The van der Waals surface area contributed by atoms with Crippen LogP contribution in [0.4, 0.5) is 0 Å². The molecule has 0 N–H and O–H groups in total. The Labute approximate surface area is 711 Å². The lowest BCUT2D eigenvalue weighted by Gasteiger charge is -2.02. The Bertz CT molecular complexity index is 4170. The van der Waals surface area contributed by atoms with Gasteiger partial charge < -0.3 is 0 Å². The monoisotopic (exact) mass is 1660 g/mol. The van der Waals surface area contributed by atoms with Crippen LogP contribution >= 0.6 is 113 Å². The third-order valence-electron chi connectivity index (χ3n) is 22.9. The maximum absolute atomic E-state index is 2.75. The molecular formula is C100H142S10. The van der Waals surface area contributed by atoms with Gasteiger partial charge in [-0.15, -0.1) is 113 Å². The van der Waals surface area contributed by atoms with Gasteiger partial charge in [-0.3, -0.25) is 0 Å². The predicted octanol–water partition coefficient (Wildman–Crippen LogP) is 38.5. The van der Waals surface area contributed by atoms with Gasteiger partial charge in [0.2, 0.25) is 0 Å². The Morgan fingerprint density at radius 3 is 0.582 bits per heavy atom. The molecule has 0 aliphatic carbocycles. The smallest absolute Gasteiger partial charge is 0.0481 e. The highest BCUT2D eigenvalue weighted by atomic mass is 32.1. The Kier molecular flexibility index (Phi) is 40.5. The van der Waals surface area contributed by atoms with Crippen LogP contribution < -0.4 is 0 Å². The molecule has 0 fully saturated rings. The second kappa shape index (κ2) is 49.9. The molecule has 0 radical (unpaired) electrons. The van der Waals surface area contributed by atoms with E-state index in [0.717, 1.165) is 25.7 Å². The highest BCUT2D eigenvalue weighted by Gasteiger charge is 2.28. The van der Waals surface area contributed by atoms with Crippen molar-refractivity contribution in [2.45, 2.75) is 390 Å². The minimum atomic E-state index is 1.16. The van der Waals surface area contributed by atoms with Crippen LogP contribution in [0.1, 0.15) is 382 Å². The maximum atomic E-state index is 2.75. The quantitative estimate of drug-likeness (QED) is 0.0333. The lowest BCUT2D eigenvalue weighted by molar-refractivity contribution is 0.667. The topological polar surface area (TPSA) is 0 Å². The summed E-state index contributed by atoms with van der Waals surface area (Å²) in [6.45, 7) is 23.7. The van der Waals surface area contributed by atoms with Crippen molar-refractivity contribution in [3.8, 4) is 87.8 Å². The predicted molar refractivity (Wildman–Crippen MR) is 513 cm³/mol. The number of aryl methyl sites for hydroxylation is 10. The van der Waals surface area contributed by atoms with Crippen molar-refractivity contribution < 1.29 is 0 Å². The summed E-state index contributed by atoms with van der Waals surface area (Å²) < 4.78 is 0. The lowest BCUT2D eigenvalue weighted by Crippen LogP contribution is -1.87. The van der Waals surface area contributed by atoms with Crippen molar-refractivity contribution >= 4 is 113 Å². The fourth-order valence-electron chi connectivity index (χ4n) is 16.3. The van der Waals surface area contributed by atoms with Crippen molar-refractivity contribution in [2.75, 3.05) is 0 Å². The van der Waals surface area contributed by atoms with Crippen LogP contribution in [0.3, 0.4) is 0 Å². The first-order chi connectivity index (χ1) is 54.2. The molecule has 10 heteroatoms. The zero-order chi connectivity index (χ0) is 77.1. The number of rotatable bonds is 59. The van der Waals surface area contributed by atoms with E-state index in [1.807, 2.05) is 22.7 Å². The molecule has 0 unspecified atom stereocenters. The van der Waals surface area contributed by atoms with Crippen LogP contribution in [-0.2, 0) is 64.2 Å². The summed E-state index contributed by atoms with van der Waals surface area (Å²) in [6, 6.07) is 26.8. The minimum absolute atomic E-state index is 1.16. The molecule has 0 aromatic carbocycles. The molecule has 110 heavy (non-hydrogen) atoms. The Morgan fingerprint density at radius 1 is 0.173 bits per heavy atom. The molecule has 0 spiro atoms. The van der Waals surface area contributed by atoms with E-state index in [9.17, 15) is 0 Å². The Hall–Kier alpha value is -3.00. The summed E-state index contributed by atoms with van der Waals surface area (Å²) in [7, 11) is 0. The molecule has 0 saturated carbocycles. The molecule has 0 aliphatic rings. The van der Waals surface area contributed by atoms with Gasteiger partial charge in [0.05, 0.1) is 0 Å². The number of hydrogen-bond acceptors (Lipinski definition) is 10. The lowest BCUT2D eigenvalue weighted by atomic mass is 10.0. The second-order valence-corrected chi connectivity index (χ2v) is 42.7. The normalized spacial score (nSPS) is 11.9. The van der Waals surface area contributed by atoms with Crippen molar-refractivity contribution in [1.29, 1.82) is 0 Å². The molecule has 10 heterocycles. The first-order valence-corrected chi connectivity index (χ1v) is 53.7. The van der Waals surface area contributed by atoms with Crippen molar-refractivity contribution in [1.82, 2.24) is 0 Å². The molecule has 10 rings (SSSR count). The van der Waals surface area contributed by atoms with Gasteiger partial charge in [0, 0.05) is 87.8 Å². The van der Waals surface area contributed by atoms with Gasteiger partial charge >= 0.3 is 0 Å². The van der Waals surface area contributed by atoms with Gasteiger partial charge in [-0.1, -0.05) is 262 Å². The first kappa shape index (κ1) is 89.3. The Balaban J connectivity index is 1.07. The van der Waals surface area contributed by atoms with Gasteiger partial charge in [-0.25, -0.2) is 0 Å². The summed E-state index contributed by atoms with van der Waals surface area (Å²) >= 11 is 21.3. The van der Waals surface area contributed by atoms with E-state index >= 15 is 0 Å². The third-order valence-corrected chi connectivity index (χ3v) is 35.9. The zero-order valence-corrected chi connectivity index (χ0v) is 78.5. The van der Waals surface area contributed by atoms with Crippen molar-refractivity contribution in [3.05, 3.63) is 127 Å². The summed E-state index contributed by atoms with van der Waals surface area (Å²) in [5.41, 5.74) is 15.9. The Morgan fingerprint density at radius 2 is 0.364 bits per heavy atom. The fraction of sp³-hybridized carbons (Fsp3) is 0.600. The van der Waals surface area contributed by atoms with Gasteiger partial charge in [0.1, 0.15) is 0 Å². The van der Waals surface area contributed by atoms with Crippen LogP contribution in [-0.4, -0.2) is 0 Å². The molecule has 10 aromatic rings. The van der Waals surface area contributed by atoms with Crippen LogP contribution in [0.5, 0.6) is 0 Å². The van der Waals surface area contributed by atoms with Crippen LogP contribution in [0.2, 0.25) is 0 Å². The summed E-state index contributed by atoms with van der Waals surface area (Å²) in [4.78, 5) is 27.8. The van der Waals surface area contributed by atoms with Crippen molar-refractivity contribution in [3.63, 3.8) is 0 Å². The number of hydrogen-bond donors (Lipinski definition) is 0. The second-order valence-electron chi connectivity index (χ2n) is 32.4. The minimum Gasteiger partial charge on any atom is -0.143 e. The van der Waals surface area contributed by atoms with Crippen LogP contribution in [0.25, 0.3) is 87.8 Å². The molecule has 0 atom stereocenters. The molecular weight excluding hydrogens is 1520 g/mol. The standard InChI is InChI=1S/C100H142S10/c1-11-21-31-41-51-73-63-83(102-72-73)93-75(53-43-33-23-13-3)65-85(104-93)95-77(55-45-35-25-15-5)67-87(106-95)97-79(57-47-37-27-17-7)69-89(108-97)99-81(59-49-39-29-19-9)71-91(110-99)100-82(60-50-40-30-20-10)70-90(109-100)98-80(58-48-38-28-18-8)68-88(107-98)96-78(56-46-36-26-16-6)66-86(105-96)94-76(54-44-34-24-14-4)64-84(103-94)92-74(61-62-101-92)52-42-32-22-12-2/h61-72H,11-60H2,1-10H3. The van der Waals surface area contributed by atoms with E-state index in [2.05, 4.69) is 231 Å². The molecule has 10 aromatic heterocycles. The van der Waals surface area contributed by atoms with Gasteiger partial charge in [-0.2, -0.15) is 0 Å².